The highest BCUT2D eigenvalue weighted by molar-refractivity contribution is 7.18. The lowest BCUT2D eigenvalue weighted by atomic mass is 10.2. The molecule has 1 saturated heterocycles. The average molecular weight is 494 g/mol. The van der Waals surface area contributed by atoms with Crippen LogP contribution in [0.2, 0.25) is 0 Å². The van der Waals surface area contributed by atoms with Crippen molar-refractivity contribution in [2.75, 3.05) is 31.5 Å². The number of aryl methyl sites for hydroxylation is 1. The minimum Gasteiger partial charge on any atom is -0.325 e. The fourth-order valence-corrected chi connectivity index (χ4v) is 6.12. The molecule has 1 aliphatic rings. The van der Waals surface area contributed by atoms with Crippen LogP contribution in [-0.4, -0.2) is 57.9 Å². The van der Waals surface area contributed by atoms with E-state index in [2.05, 4.69) is 20.1 Å². The standard InChI is InChI=1S/C25H27N5O2S2/c1-16-5-3-6-18(13-16)26-23(31)17(2)30-10-8-29(9-11-30)14-21-27-24(32)22-19(15-34-25(22)28-21)20-7-4-12-33-20/h3-7,12-13,15,17H,8-11,14H2,1-2H3,(H,26,31)(H,27,28,32)/t17-/m0/s1. The number of hydrogen-bond acceptors (Lipinski definition) is 7. The summed E-state index contributed by atoms with van der Waals surface area (Å²) in [5.41, 5.74) is 2.83. The summed E-state index contributed by atoms with van der Waals surface area (Å²) < 4.78 is 0. The van der Waals surface area contributed by atoms with E-state index in [0.717, 1.165) is 52.7 Å². The van der Waals surface area contributed by atoms with Crippen molar-refractivity contribution < 1.29 is 4.79 Å². The highest BCUT2D eigenvalue weighted by Gasteiger charge is 2.26. The predicted molar refractivity (Wildman–Crippen MR) is 140 cm³/mol. The van der Waals surface area contributed by atoms with Crippen LogP contribution in [0.4, 0.5) is 5.69 Å². The molecule has 0 bridgehead atoms. The van der Waals surface area contributed by atoms with E-state index in [0.29, 0.717) is 17.8 Å². The summed E-state index contributed by atoms with van der Waals surface area (Å²) >= 11 is 3.14. The number of amides is 1. The fourth-order valence-electron chi connectivity index (χ4n) is 4.34. The molecule has 0 spiro atoms. The van der Waals surface area contributed by atoms with Crippen LogP contribution in [0.5, 0.6) is 0 Å². The highest BCUT2D eigenvalue weighted by Crippen LogP contribution is 2.33. The van der Waals surface area contributed by atoms with Gasteiger partial charge in [0.25, 0.3) is 5.56 Å². The van der Waals surface area contributed by atoms with Crippen LogP contribution in [-0.2, 0) is 11.3 Å². The topological polar surface area (TPSA) is 81.3 Å². The predicted octanol–water partition coefficient (Wildman–Crippen LogP) is 4.17. The van der Waals surface area contributed by atoms with Crippen LogP contribution in [0, 0.1) is 6.92 Å². The van der Waals surface area contributed by atoms with Crippen LogP contribution < -0.4 is 10.9 Å². The number of rotatable bonds is 6. The first-order chi connectivity index (χ1) is 16.5. The third-order valence-electron chi connectivity index (χ3n) is 6.27. The number of aromatic amines is 1. The van der Waals surface area contributed by atoms with Crippen molar-refractivity contribution in [1.82, 2.24) is 19.8 Å². The molecule has 2 N–H and O–H groups in total. The third kappa shape index (κ3) is 4.83. The largest absolute Gasteiger partial charge is 0.325 e. The van der Waals surface area contributed by atoms with Gasteiger partial charge in [-0.1, -0.05) is 18.2 Å². The number of hydrogen-bond donors (Lipinski definition) is 2. The SMILES string of the molecule is Cc1cccc(NC(=O)[C@H](C)N2CCN(Cc3nc4scc(-c5cccs5)c4c(=O)[nH]3)CC2)c1. The third-order valence-corrected chi connectivity index (χ3v) is 8.05. The molecular weight excluding hydrogens is 466 g/mol. The highest BCUT2D eigenvalue weighted by atomic mass is 32.1. The second-order valence-electron chi connectivity index (χ2n) is 8.67. The van der Waals surface area contributed by atoms with E-state index in [-0.39, 0.29) is 17.5 Å². The van der Waals surface area contributed by atoms with Crippen LogP contribution in [0.15, 0.2) is 52.0 Å². The molecule has 1 aliphatic heterocycles. The van der Waals surface area contributed by atoms with E-state index in [9.17, 15) is 9.59 Å². The van der Waals surface area contributed by atoms with Gasteiger partial charge in [0.15, 0.2) is 0 Å². The second kappa shape index (κ2) is 9.79. The summed E-state index contributed by atoms with van der Waals surface area (Å²) in [7, 11) is 0. The summed E-state index contributed by atoms with van der Waals surface area (Å²) in [6.45, 7) is 7.76. The van der Waals surface area contributed by atoms with Crippen molar-refractivity contribution in [1.29, 1.82) is 0 Å². The molecule has 7 nitrogen and oxygen atoms in total. The lowest BCUT2D eigenvalue weighted by Crippen LogP contribution is -2.52. The molecule has 5 rings (SSSR count). The van der Waals surface area contributed by atoms with Crippen molar-refractivity contribution in [3.8, 4) is 10.4 Å². The maximum Gasteiger partial charge on any atom is 0.260 e. The molecule has 1 aromatic carbocycles. The second-order valence-corrected chi connectivity index (χ2v) is 10.5. The average Bonchev–Trinajstić information content (AvgIpc) is 3.49. The van der Waals surface area contributed by atoms with Gasteiger partial charge in [0.1, 0.15) is 10.7 Å². The fraction of sp³-hybridized carbons (Fsp3) is 0.320. The zero-order chi connectivity index (χ0) is 23.7. The Balaban J connectivity index is 1.20. The number of carbonyl (C=O) groups is 1. The van der Waals surface area contributed by atoms with Gasteiger partial charge in [0.2, 0.25) is 5.91 Å². The Morgan fingerprint density at radius 1 is 1.18 bits per heavy atom. The van der Waals surface area contributed by atoms with Crippen LogP contribution in [0.25, 0.3) is 20.7 Å². The van der Waals surface area contributed by atoms with Crippen molar-refractivity contribution in [3.05, 3.63) is 68.9 Å². The molecule has 0 unspecified atom stereocenters. The van der Waals surface area contributed by atoms with E-state index in [1.165, 1.54) is 11.3 Å². The Morgan fingerprint density at radius 3 is 2.74 bits per heavy atom. The molecule has 1 atom stereocenters. The van der Waals surface area contributed by atoms with Gasteiger partial charge in [0, 0.05) is 47.7 Å². The van der Waals surface area contributed by atoms with E-state index >= 15 is 0 Å². The summed E-state index contributed by atoms with van der Waals surface area (Å²) in [6.07, 6.45) is 0. The number of H-pyrrole nitrogens is 1. The zero-order valence-electron chi connectivity index (χ0n) is 19.2. The van der Waals surface area contributed by atoms with Crippen LogP contribution in [0.1, 0.15) is 18.3 Å². The van der Waals surface area contributed by atoms with E-state index < -0.39 is 0 Å². The molecule has 0 saturated carbocycles. The Bertz CT molecular complexity index is 1350. The van der Waals surface area contributed by atoms with Gasteiger partial charge < -0.3 is 10.3 Å². The number of carbonyl (C=O) groups excluding carboxylic acids is 1. The Labute approximate surface area is 206 Å². The molecule has 4 aromatic rings. The maximum absolute atomic E-state index is 12.9. The van der Waals surface area contributed by atoms with Gasteiger partial charge in [-0.25, -0.2) is 4.98 Å². The molecule has 0 aliphatic carbocycles. The summed E-state index contributed by atoms with van der Waals surface area (Å²) in [5, 5.41) is 7.73. The summed E-state index contributed by atoms with van der Waals surface area (Å²) in [5.74, 6) is 0.700. The van der Waals surface area contributed by atoms with Crippen LogP contribution in [0.3, 0.4) is 0 Å². The molecule has 176 valence electrons. The molecule has 3 aromatic heterocycles. The maximum atomic E-state index is 12.9. The number of nitrogens with one attached hydrogen (secondary N) is 2. The first-order valence-electron chi connectivity index (χ1n) is 11.4. The normalized spacial score (nSPS) is 16.1. The van der Waals surface area contributed by atoms with Crippen molar-refractivity contribution in [2.24, 2.45) is 0 Å². The number of anilines is 1. The molecule has 1 fully saturated rings. The van der Waals surface area contributed by atoms with E-state index in [1.807, 2.05) is 61.0 Å². The van der Waals surface area contributed by atoms with Crippen molar-refractivity contribution in [3.63, 3.8) is 0 Å². The minimum absolute atomic E-state index is 0.00902. The zero-order valence-corrected chi connectivity index (χ0v) is 20.8. The first-order valence-corrected chi connectivity index (χ1v) is 13.1. The number of nitrogens with zero attached hydrogens (tertiary/aromatic N) is 3. The van der Waals surface area contributed by atoms with Gasteiger partial charge in [-0.15, -0.1) is 22.7 Å². The number of fused-ring (bicyclic) bond motifs is 1. The summed E-state index contributed by atoms with van der Waals surface area (Å²) in [4.78, 5) is 39.7. The molecule has 9 heteroatoms. The monoisotopic (exact) mass is 493 g/mol. The molecular formula is C25H27N5O2S2. The summed E-state index contributed by atoms with van der Waals surface area (Å²) in [6, 6.07) is 11.7. The minimum atomic E-state index is -0.210. The Kier molecular flexibility index (Phi) is 6.60. The quantitative estimate of drug-likeness (QED) is 0.421. The number of thiophene rings is 2. The Morgan fingerprint density at radius 2 is 2.00 bits per heavy atom. The molecule has 1 amide bonds. The molecule has 34 heavy (non-hydrogen) atoms. The van der Waals surface area contributed by atoms with Gasteiger partial charge in [0.05, 0.1) is 18.0 Å². The smallest absolute Gasteiger partial charge is 0.260 e. The molecule has 4 heterocycles. The number of aromatic nitrogens is 2. The Hall–Kier alpha value is -2.85. The van der Waals surface area contributed by atoms with Crippen molar-refractivity contribution >= 4 is 44.5 Å². The van der Waals surface area contributed by atoms with E-state index in [1.54, 1.807) is 11.3 Å². The van der Waals surface area contributed by atoms with Crippen molar-refractivity contribution in [2.45, 2.75) is 26.4 Å². The lowest BCUT2D eigenvalue weighted by molar-refractivity contribution is -0.121. The lowest BCUT2D eigenvalue weighted by Gasteiger charge is -2.37. The van der Waals surface area contributed by atoms with Gasteiger partial charge in [-0.05, 0) is 43.0 Å². The van der Waals surface area contributed by atoms with Gasteiger partial charge in [-0.2, -0.15) is 0 Å². The number of benzene rings is 1. The van der Waals surface area contributed by atoms with E-state index in [4.69, 9.17) is 4.98 Å². The first kappa shape index (κ1) is 22.9. The van der Waals surface area contributed by atoms with Gasteiger partial charge >= 0.3 is 0 Å². The molecule has 0 radical (unpaired) electrons. The van der Waals surface area contributed by atoms with Gasteiger partial charge in [-0.3, -0.25) is 19.4 Å². The van der Waals surface area contributed by atoms with Crippen LogP contribution >= 0.6 is 22.7 Å². The number of piperazine rings is 1.